The summed E-state index contributed by atoms with van der Waals surface area (Å²) in [7, 11) is 0. The molecule has 0 aliphatic carbocycles. The summed E-state index contributed by atoms with van der Waals surface area (Å²) >= 11 is 6.40. The highest BCUT2D eigenvalue weighted by Crippen LogP contribution is 2.31. The van der Waals surface area contributed by atoms with Gasteiger partial charge in [-0.05, 0) is 67.8 Å². The maximum Gasteiger partial charge on any atom is 0.271 e. The second-order valence-corrected chi connectivity index (χ2v) is 10.8. The number of rotatable bonds is 10. The normalized spacial score (nSPS) is 12.5. The molecule has 4 aromatic rings. The summed E-state index contributed by atoms with van der Waals surface area (Å²) in [5, 5.41) is 1.18. The molecule has 1 unspecified atom stereocenters. The van der Waals surface area contributed by atoms with Gasteiger partial charge in [-0.1, -0.05) is 80.1 Å². The van der Waals surface area contributed by atoms with Crippen molar-refractivity contribution in [1.29, 1.82) is 0 Å². The standard InChI is InChI=1S/C33H36ClN5O2/c1-5-29(40)37-31-27-17-16-26(34)20-28(27)36-32(39(31)21-24-10-7-6-8-11-24)30(22(2)3)38(19-9-18-35)33(41)25-14-12-23(4)13-15-25/h5-8,10-17,20,22,30H,1,9,18-19,21,35H2,2-4H3. The van der Waals surface area contributed by atoms with Gasteiger partial charge in [0.05, 0.1) is 18.1 Å². The van der Waals surface area contributed by atoms with Crippen LogP contribution in [0.25, 0.3) is 10.9 Å². The topological polar surface area (TPSA) is 93.6 Å². The molecule has 1 heterocycles. The number of carbonyl (C=O) groups excluding carboxylic acids is 2. The maximum absolute atomic E-state index is 14.1. The van der Waals surface area contributed by atoms with Crippen LogP contribution >= 0.6 is 11.6 Å². The van der Waals surface area contributed by atoms with Crippen molar-refractivity contribution >= 4 is 34.3 Å². The van der Waals surface area contributed by atoms with Crippen molar-refractivity contribution in [2.75, 3.05) is 13.1 Å². The Labute approximate surface area is 246 Å². The molecule has 0 bridgehead atoms. The van der Waals surface area contributed by atoms with E-state index in [0.29, 0.717) is 58.9 Å². The van der Waals surface area contributed by atoms with Gasteiger partial charge in [0.2, 0.25) is 0 Å². The lowest BCUT2D eigenvalue weighted by atomic mass is 9.98. The SMILES string of the molecule is C=CC(=O)N=c1c2ccc(Cl)cc2nc(C(C(C)C)N(CCCN)C(=O)c2ccc(C)cc2)n1Cc1ccccc1. The molecule has 212 valence electrons. The number of carbonyl (C=O) groups is 2. The Hall–Kier alpha value is -4.07. The Bertz CT molecular complexity index is 1610. The molecule has 0 spiro atoms. The lowest BCUT2D eigenvalue weighted by Crippen LogP contribution is -2.42. The van der Waals surface area contributed by atoms with Gasteiger partial charge in [-0.15, -0.1) is 0 Å². The summed E-state index contributed by atoms with van der Waals surface area (Å²) < 4.78 is 1.94. The number of hydrogen-bond acceptors (Lipinski definition) is 4. The first kappa shape index (κ1) is 29.9. The average Bonchev–Trinajstić information content (AvgIpc) is 2.96. The molecular formula is C33H36ClN5O2. The fraction of sp³-hybridized carbons (Fsp3) is 0.273. The molecule has 1 aromatic heterocycles. The minimum Gasteiger partial charge on any atom is -0.330 e. The van der Waals surface area contributed by atoms with Crippen molar-refractivity contribution in [3.63, 3.8) is 0 Å². The van der Waals surface area contributed by atoms with Crippen molar-refractivity contribution in [2.45, 2.75) is 39.8 Å². The minimum absolute atomic E-state index is 0.0451. The number of amides is 2. The first-order valence-corrected chi connectivity index (χ1v) is 14.1. The van der Waals surface area contributed by atoms with Gasteiger partial charge in [0.15, 0.2) is 0 Å². The van der Waals surface area contributed by atoms with E-state index in [-0.39, 0.29) is 11.8 Å². The third-order valence-corrected chi connectivity index (χ3v) is 7.17. The van der Waals surface area contributed by atoms with Crippen LogP contribution in [0.5, 0.6) is 0 Å². The molecule has 4 rings (SSSR count). The van der Waals surface area contributed by atoms with Crippen LogP contribution in [0.3, 0.4) is 0 Å². The van der Waals surface area contributed by atoms with E-state index in [1.54, 1.807) is 12.1 Å². The van der Waals surface area contributed by atoms with Gasteiger partial charge in [-0.25, -0.2) is 4.98 Å². The van der Waals surface area contributed by atoms with E-state index in [0.717, 1.165) is 11.1 Å². The second kappa shape index (κ2) is 13.5. The molecule has 0 fully saturated rings. The lowest BCUT2D eigenvalue weighted by Gasteiger charge is -2.36. The molecule has 0 aliphatic heterocycles. The predicted molar refractivity (Wildman–Crippen MR) is 165 cm³/mol. The number of nitrogens with two attached hydrogens (primary N) is 1. The van der Waals surface area contributed by atoms with Crippen molar-refractivity contribution < 1.29 is 9.59 Å². The van der Waals surface area contributed by atoms with Crippen molar-refractivity contribution in [3.05, 3.63) is 118 Å². The zero-order valence-electron chi connectivity index (χ0n) is 23.8. The van der Waals surface area contributed by atoms with Crippen LogP contribution < -0.4 is 11.2 Å². The van der Waals surface area contributed by atoms with Crippen LogP contribution in [-0.2, 0) is 11.3 Å². The maximum atomic E-state index is 14.1. The van der Waals surface area contributed by atoms with E-state index in [1.165, 1.54) is 6.08 Å². The highest BCUT2D eigenvalue weighted by Gasteiger charge is 2.32. The number of aromatic nitrogens is 2. The fourth-order valence-corrected chi connectivity index (χ4v) is 5.10. The van der Waals surface area contributed by atoms with Gasteiger partial charge in [0.25, 0.3) is 11.8 Å². The smallest absolute Gasteiger partial charge is 0.271 e. The van der Waals surface area contributed by atoms with Crippen LogP contribution in [0.2, 0.25) is 5.02 Å². The first-order chi connectivity index (χ1) is 19.7. The third kappa shape index (κ3) is 6.99. The second-order valence-electron chi connectivity index (χ2n) is 10.4. The average molecular weight is 570 g/mol. The molecule has 0 radical (unpaired) electrons. The molecule has 1 atom stereocenters. The van der Waals surface area contributed by atoms with Crippen molar-refractivity contribution in [2.24, 2.45) is 16.6 Å². The summed E-state index contributed by atoms with van der Waals surface area (Å²) in [6.45, 7) is 11.0. The molecule has 0 aliphatic rings. The molecule has 8 heteroatoms. The molecule has 0 saturated heterocycles. The third-order valence-electron chi connectivity index (χ3n) is 6.94. The minimum atomic E-state index is -0.475. The summed E-state index contributed by atoms with van der Waals surface area (Å²) in [5.41, 5.74) is 9.60. The van der Waals surface area contributed by atoms with Crippen LogP contribution in [0.1, 0.15) is 53.6 Å². The van der Waals surface area contributed by atoms with Gasteiger partial charge < -0.3 is 15.2 Å². The van der Waals surface area contributed by atoms with E-state index in [2.05, 4.69) is 25.4 Å². The van der Waals surface area contributed by atoms with Crippen LogP contribution in [0.15, 0.2) is 90.4 Å². The lowest BCUT2D eigenvalue weighted by molar-refractivity contribution is -0.113. The van der Waals surface area contributed by atoms with Crippen LogP contribution in [0.4, 0.5) is 0 Å². The number of fused-ring (bicyclic) bond motifs is 1. The molecule has 3 aromatic carbocycles. The van der Waals surface area contributed by atoms with E-state index < -0.39 is 11.9 Å². The Kier molecular flexibility index (Phi) is 9.86. The molecule has 7 nitrogen and oxygen atoms in total. The molecule has 2 N–H and O–H groups in total. The monoisotopic (exact) mass is 569 g/mol. The zero-order chi connectivity index (χ0) is 29.5. The van der Waals surface area contributed by atoms with E-state index >= 15 is 0 Å². The zero-order valence-corrected chi connectivity index (χ0v) is 24.5. The largest absolute Gasteiger partial charge is 0.330 e. The Balaban J connectivity index is 2.05. The molecule has 2 amide bonds. The molecule has 0 saturated carbocycles. The molecular weight excluding hydrogens is 534 g/mol. The van der Waals surface area contributed by atoms with Gasteiger partial charge in [0.1, 0.15) is 11.3 Å². The van der Waals surface area contributed by atoms with E-state index in [9.17, 15) is 9.59 Å². The number of benzene rings is 3. The van der Waals surface area contributed by atoms with Crippen molar-refractivity contribution in [1.82, 2.24) is 14.5 Å². The first-order valence-electron chi connectivity index (χ1n) is 13.8. The van der Waals surface area contributed by atoms with Gasteiger partial charge in [0, 0.05) is 22.5 Å². The van der Waals surface area contributed by atoms with E-state index in [1.807, 2.05) is 77.1 Å². The Morgan fingerprint density at radius 2 is 1.80 bits per heavy atom. The van der Waals surface area contributed by atoms with E-state index in [4.69, 9.17) is 22.3 Å². The summed E-state index contributed by atoms with van der Waals surface area (Å²) in [6, 6.07) is 22.3. The van der Waals surface area contributed by atoms with Crippen LogP contribution in [-0.4, -0.2) is 39.4 Å². The van der Waals surface area contributed by atoms with Crippen molar-refractivity contribution in [3.8, 4) is 0 Å². The highest BCUT2D eigenvalue weighted by atomic mass is 35.5. The Morgan fingerprint density at radius 1 is 1.10 bits per heavy atom. The fourth-order valence-electron chi connectivity index (χ4n) is 4.93. The summed E-state index contributed by atoms with van der Waals surface area (Å²) in [4.78, 5) is 38.2. The van der Waals surface area contributed by atoms with Gasteiger partial charge in [-0.2, -0.15) is 4.99 Å². The number of nitrogens with zero attached hydrogens (tertiary/aromatic N) is 4. The van der Waals surface area contributed by atoms with Crippen LogP contribution in [0, 0.1) is 12.8 Å². The predicted octanol–water partition coefficient (Wildman–Crippen LogP) is 5.85. The molecule has 41 heavy (non-hydrogen) atoms. The quantitative estimate of drug-likeness (QED) is 0.242. The Morgan fingerprint density at radius 3 is 2.44 bits per heavy atom. The summed E-state index contributed by atoms with van der Waals surface area (Å²) in [6.07, 6.45) is 1.80. The highest BCUT2D eigenvalue weighted by molar-refractivity contribution is 6.31. The number of halogens is 1. The van der Waals surface area contributed by atoms with Gasteiger partial charge in [-0.3, -0.25) is 9.59 Å². The number of hydrogen-bond donors (Lipinski definition) is 1. The van der Waals surface area contributed by atoms with Gasteiger partial charge >= 0.3 is 0 Å². The summed E-state index contributed by atoms with van der Waals surface area (Å²) in [5.74, 6) is -0.0305. The number of aryl methyl sites for hydroxylation is 1.